The number of benzene rings is 1. The molecule has 25 heavy (non-hydrogen) atoms. The zero-order valence-corrected chi connectivity index (χ0v) is 15.2. The maximum Gasteiger partial charge on any atom is 0.253 e. The largest absolute Gasteiger partial charge is 0.337 e. The first-order valence-electron chi connectivity index (χ1n) is 9.62. The van der Waals surface area contributed by atoms with E-state index in [1.807, 2.05) is 23.1 Å². The summed E-state index contributed by atoms with van der Waals surface area (Å²) >= 11 is 0. The standard InChI is InChI=1S/C20H29N3O2/c1-2-10-23(14-13-22-11-4-3-5-12-22)20(25)17-6-8-18-16(15-17)7-9-19(24)21-18/h6,8,15H,2-5,7,9-14H2,1H3,(H,21,24). The molecule has 0 bridgehead atoms. The topological polar surface area (TPSA) is 52.7 Å². The molecule has 1 N–H and O–H groups in total. The van der Waals surface area contributed by atoms with E-state index >= 15 is 0 Å². The van der Waals surface area contributed by atoms with E-state index in [0.717, 1.165) is 56.0 Å². The molecule has 0 spiro atoms. The van der Waals surface area contributed by atoms with Gasteiger partial charge in [-0.3, -0.25) is 9.59 Å². The normalized spacial score (nSPS) is 17.7. The number of aryl methyl sites for hydroxylation is 1. The van der Waals surface area contributed by atoms with E-state index in [1.165, 1.54) is 19.3 Å². The molecule has 2 aliphatic heterocycles. The minimum Gasteiger partial charge on any atom is -0.337 e. The lowest BCUT2D eigenvalue weighted by Gasteiger charge is -2.30. The van der Waals surface area contributed by atoms with Crippen molar-refractivity contribution in [3.63, 3.8) is 0 Å². The first-order chi connectivity index (χ1) is 12.2. The molecule has 0 saturated carbocycles. The summed E-state index contributed by atoms with van der Waals surface area (Å²) < 4.78 is 0. The van der Waals surface area contributed by atoms with E-state index in [9.17, 15) is 9.59 Å². The summed E-state index contributed by atoms with van der Waals surface area (Å²) in [5.74, 6) is 0.166. The molecule has 136 valence electrons. The molecule has 2 amide bonds. The second-order valence-corrected chi connectivity index (χ2v) is 7.11. The maximum atomic E-state index is 13.0. The predicted molar refractivity (Wildman–Crippen MR) is 99.9 cm³/mol. The summed E-state index contributed by atoms with van der Waals surface area (Å²) in [6.07, 6.45) is 6.06. The van der Waals surface area contributed by atoms with Crippen LogP contribution in [-0.2, 0) is 11.2 Å². The number of carbonyl (C=O) groups excluding carboxylic acids is 2. The number of carbonyl (C=O) groups is 2. The van der Waals surface area contributed by atoms with Crippen LogP contribution < -0.4 is 5.32 Å². The number of anilines is 1. The second kappa shape index (κ2) is 8.48. The number of rotatable bonds is 6. The van der Waals surface area contributed by atoms with E-state index in [2.05, 4.69) is 17.1 Å². The fourth-order valence-electron chi connectivity index (χ4n) is 3.73. The van der Waals surface area contributed by atoms with Gasteiger partial charge in [0.1, 0.15) is 0 Å². The Morgan fingerprint density at radius 2 is 1.96 bits per heavy atom. The second-order valence-electron chi connectivity index (χ2n) is 7.11. The number of hydrogen-bond acceptors (Lipinski definition) is 3. The lowest BCUT2D eigenvalue weighted by atomic mass is 10.00. The van der Waals surface area contributed by atoms with E-state index in [0.29, 0.717) is 12.8 Å². The molecule has 5 heteroatoms. The van der Waals surface area contributed by atoms with Gasteiger partial charge >= 0.3 is 0 Å². The molecule has 0 atom stereocenters. The molecule has 1 fully saturated rings. The molecule has 1 saturated heterocycles. The first kappa shape index (κ1) is 17.9. The van der Waals surface area contributed by atoms with Crippen molar-refractivity contribution in [2.24, 2.45) is 0 Å². The Hall–Kier alpha value is -1.88. The van der Waals surface area contributed by atoms with Gasteiger partial charge in [0.2, 0.25) is 5.91 Å². The molecule has 2 aliphatic rings. The van der Waals surface area contributed by atoms with Crippen LogP contribution in [0, 0.1) is 0 Å². The summed E-state index contributed by atoms with van der Waals surface area (Å²) in [5.41, 5.74) is 2.66. The van der Waals surface area contributed by atoms with Gasteiger partial charge in [-0.15, -0.1) is 0 Å². The minimum atomic E-state index is 0.0562. The Bertz CT molecular complexity index is 623. The molecule has 0 aliphatic carbocycles. The molecule has 3 rings (SSSR count). The number of nitrogens with zero attached hydrogens (tertiary/aromatic N) is 2. The van der Waals surface area contributed by atoms with Gasteiger partial charge in [0.15, 0.2) is 0 Å². The quantitative estimate of drug-likeness (QED) is 0.864. The summed E-state index contributed by atoms with van der Waals surface area (Å²) in [5, 5.41) is 2.88. The Kier molecular flexibility index (Phi) is 6.08. The average Bonchev–Trinajstić information content (AvgIpc) is 2.65. The van der Waals surface area contributed by atoms with Gasteiger partial charge in [-0.05, 0) is 62.5 Å². The van der Waals surface area contributed by atoms with Gasteiger partial charge < -0.3 is 15.1 Å². The van der Waals surface area contributed by atoms with E-state index in [4.69, 9.17) is 0 Å². The fourth-order valence-corrected chi connectivity index (χ4v) is 3.73. The molecule has 2 heterocycles. The van der Waals surface area contributed by atoms with E-state index in [1.54, 1.807) is 0 Å². The smallest absolute Gasteiger partial charge is 0.253 e. The zero-order valence-electron chi connectivity index (χ0n) is 15.2. The van der Waals surface area contributed by atoms with E-state index < -0.39 is 0 Å². The zero-order chi connectivity index (χ0) is 17.6. The summed E-state index contributed by atoms with van der Waals surface area (Å²) in [4.78, 5) is 28.9. The van der Waals surface area contributed by atoms with Crippen molar-refractivity contribution in [1.82, 2.24) is 9.80 Å². The highest BCUT2D eigenvalue weighted by Crippen LogP contribution is 2.24. The highest BCUT2D eigenvalue weighted by atomic mass is 16.2. The number of nitrogens with one attached hydrogen (secondary N) is 1. The summed E-state index contributed by atoms with van der Waals surface area (Å²) in [6, 6.07) is 5.67. The Balaban J connectivity index is 1.66. The third kappa shape index (κ3) is 4.60. The molecule has 0 radical (unpaired) electrons. The SMILES string of the molecule is CCCN(CCN1CCCCC1)C(=O)c1ccc2c(c1)CCC(=O)N2. The highest BCUT2D eigenvalue weighted by Gasteiger charge is 2.20. The van der Waals surface area contributed by atoms with Crippen LogP contribution in [0.5, 0.6) is 0 Å². The minimum absolute atomic E-state index is 0.0562. The van der Waals surface area contributed by atoms with Crippen molar-refractivity contribution in [2.45, 2.75) is 45.4 Å². The molecular formula is C20H29N3O2. The van der Waals surface area contributed by atoms with Gasteiger partial charge in [0, 0.05) is 37.3 Å². The van der Waals surface area contributed by atoms with Gasteiger partial charge in [-0.1, -0.05) is 13.3 Å². The van der Waals surface area contributed by atoms with Crippen LogP contribution in [0.3, 0.4) is 0 Å². The third-order valence-corrected chi connectivity index (χ3v) is 5.16. The average molecular weight is 343 g/mol. The number of fused-ring (bicyclic) bond motifs is 1. The van der Waals surface area contributed by atoms with Crippen molar-refractivity contribution >= 4 is 17.5 Å². The van der Waals surface area contributed by atoms with Crippen LogP contribution >= 0.6 is 0 Å². The van der Waals surface area contributed by atoms with Gasteiger partial charge in [0.05, 0.1) is 0 Å². The van der Waals surface area contributed by atoms with Crippen LogP contribution in [0.2, 0.25) is 0 Å². The van der Waals surface area contributed by atoms with Crippen LogP contribution in [0.15, 0.2) is 18.2 Å². The Labute approximate surface area is 150 Å². The molecule has 5 nitrogen and oxygen atoms in total. The van der Waals surface area contributed by atoms with E-state index in [-0.39, 0.29) is 11.8 Å². The van der Waals surface area contributed by atoms with Crippen molar-refractivity contribution in [2.75, 3.05) is 38.0 Å². The van der Waals surface area contributed by atoms with Gasteiger partial charge in [-0.2, -0.15) is 0 Å². The van der Waals surface area contributed by atoms with Crippen LogP contribution in [0.25, 0.3) is 0 Å². The maximum absolute atomic E-state index is 13.0. The monoisotopic (exact) mass is 343 g/mol. The van der Waals surface area contributed by atoms with Crippen LogP contribution in [-0.4, -0.2) is 54.3 Å². The predicted octanol–water partition coefficient (Wildman–Crippen LogP) is 2.91. The van der Waals surface area contributed by atoms with Crippen molar-refractivity contribution in [3.05, 3.63) is 29.3 Å². The highest BCUT2D eigenvalue weighted by molar-refractivity contribution is 5.98. The van der Waals surface area contributed by atoms with Crippen LogP contribution in [0.4, 0.5) is 5.69 Å². The fraction of sp³-hybridized carbons (Fsp3) is 0.600. The Morgan fingerprint density at radius 3 is 2.72 bits per heavy atom. The molecule has 0 aromatic heterocycles. The number of hydrogen-bond donors (Lipinski definition) is 1. The first-order valence-corrected chi connectivity index (χ1v) is 9.62. The lowest BCUT2D eigenvalue weighted by molar-refractivity contribution is -0.116. The molecular weight excluding hydrogens is 314 g/mol. The summed E-state index contributed by atoms with van der Waals surface area (Å²) in [6.45, 7) is 6.98. The lowest BCUT2D eigenvalue weighted by Crippen LogP contribution is -2.41. The van der Waals surface area contributed by atoms with Crippen molar-refractivity contribution < 1.29 is 9.59 Å². The van der Waals surface area contributed by atoms with Gasteiger partial charge in [0.25, 0.3) is 5.91 Å². The van der Waals surface area contributed by atoms with Crippen LogP contribution in [0.1, 0.15) is 54.9 Å². The number of piperidine rings is 1. The van der Waals surface area contributed by atoms with Gasteiger partial charge in [-0.25, -0.2) is 0 Å². The molecule has 1 aromatic rings. The van der Waals surface area contributed by atoms with Crippen molar-refractivity contribution in [3.8, 4) is 0 Å². The Morgan fingerprint density at radius 1 is 1.16 bits per heavy atom. The number of amides is 2. The number of likely N-dealkylation sites (tertiary alicyclic amines) is 1. The van der Waals surface area contributed by atoms with Crippen molar-refractivity contribution in [1.29, 1.82) is 0 Å². The summed E-state index contributed by atoms with van der Waals surface area (Å²) in [7, 11) is 0. The third-order valence-electron chi connectivity index (χ3n) is 5.16. The molecule has 0 unspecified atom stereocenters. The molecule has 1 aromatic carbocycles.